The fourth-order valence-corrected chi connectivity index (χ4v) is 5.07. The van der Waals surface area contributed by atoms with E-state index < -0.39 is 17.7 Å². The Labute approximate surface area is 201 Å². The fraction of sp³-hybridized carbons (Fsp3) is 0.231. The number of thiophene rings is 1. The molecule has 1 aromatic heterocycles. The second kappa shape index (κ2) is 9.04. The van der Waals surface area contributed by atoms with Gasteiger partial charge in [0.25, 0.3) is 11.7 Å². The van der Waals surface area contributed by atoms with E-state index in [1.165, 1.54) is 16.2 Å². The van der Waals surface area contributed by atoms with Gasteiger partial charge < -0.3 is 9.84 Å². The molecule has 1 N–H and O–H groups in total. The number of halogens is 1. The highest BCUT2D eigenvalue weighted by Crippen LogP contribution is 2.44. The number of anilines is 1. The lowest BCUT2D eigenvalue weighted by Gasteiger charge is -2.25. The Morgan fingerprint density at radius 3 is 2.45 bits per heavy atom. The third kappa shape index (κ3) is 4.28. The molecule has 0 spiro atoms. The fourth-order valence-electron chi connectivity index (χ4n) is 4.02. The molecule has 1 aliphatic rings. The zero-order valence-corrected chi connectivity index (χ0v) is 20.3. The van der Waals surface area contributed by atoms with E-state index in [2.05, 4.69) is 0 Å². The standard InChI is InChI=1S/C26H24ClNO4S/c1-14(2)32-20-10-7-17(12-16(20)4)24(29)22-23(21-6-5-11-33-21)28(26(31)25(22)30)19-9-8-18(27)13-15(19)3/h5-14,23,29H,1-4H3/b24-22-. The molecule has 5 nitrogen and oxygen atoms in total. The van der Waals surface area contributed by atoms with Crippen LogP contribution in [0.25, 0.3) is 5.76 Å². The van der Waals surface area contributed by atoms with E-state index in [1.54, 1.807) is 36.4 Å². The van der Waals surface area contributed by atoms with Crippen LogP contribution in [0.5, 0.6) is 5.75 Å². The van der Waals surface area contributed by atoms with Gasteiger partial charge in [-0.3, -0.25) is 14.5 Å². The smallest absolute Gasteiger partial charge is 0.300 e. The van der Waals surface area contributed by atoms with Crippen LogP contribution >= 0.6 is 22.9 Å². The summed E-state index contributed by atoms with van der Waals surface area (Å²) in [6.45, 7) is 7.59. The van der Waals surface area contributed by atoms with Crippen LogP contribution in [-0.2, 0) is 9.59 Å². The molecule has 2 heterocycles. The van der Waals surface area contributed by atoms with Crippen molar-refractivity contribution in [1.29, 1.82) is 0 Å². The summed E-state index contributed by atoms with van der Waals surface area (Å²) in [5, 5.41) is 13.7. The SMILES string of the molecule is Cc1cc(/C(O)=C2/C(=O)C(=O)N(c3ccc(Cl)cc3C)C2c2cccs2)ccc1OC(C)C. The van der Waals surface area contributed by atoms with Gasteiger partial charge in [0.15, 0.2) is 0 Å². The van der Waals surface area contributed by atoms with E-state index >= 15 is 0 Å². The van der Waals surface area contributed by atoms with E-state index in [0.717, 1.165) is 16.0 Å². The molecule has 2 aromatic carbocycles. The average Bonchev–Trinajstić information content (AvgIpc) is 3.36. The highest BCUT2D eigenvalue weighted by molar-refractivity contribution is 7.10. The maximum absolute atomic E-state index is 13.2. The van der Waals surface area contributed by atoms with Crippen LogP contribution in [0.15, 0.2) is 59.5 Å². The lowest BCUT2D eigenvalue weighted by Crippen LogP contribution is -2.29. The maximum Gasteiger partial charge on any atom is 0.300 e. The minimum Gasteiger partial charge on any atom is -0.507 e. The third-order valence-corrected chi connectivity index (χ3v) is 6.65. The first-order chi connectivity index (χ1) is 15.7. The lowest BCUT2D eigenvalue weighted by atomic mass is 9.98. The van der Waals surface area contributed by atoms with Gasteiger partial charge in [0.05, 0.1) is 11.7 Å². The number of Topliss-reactive ketones (excluding diaryl/α,β-unsaturated/α-hetero) is 1. The van der Waals surface area contributed by atoms with Crippen molar-refractivity contribution in [2.75, 3.05) is 4.90 Å². The van der Waals surface area contributed by atoms with Gasteiger partial charge >= 0.3 is 0 Å². The molecular formula is C26H24ClNO4S. The van der Waals surface area contributed by atoms with Crippen molar-refractivity contribution in [1.82, 2.24) is 0 Å². The number of aliphatic hydroxyl groups excluding tert-OH is 1. The topological polar surface area (TPSA) is 66.8 Å². The Kier molecular flexibility index (Phi) is 6.32. The zero-order valence-electron chi connectivity index (χ0n) is 18.8. The van der Waals surface area contributed by atoms with Crippen molar-refractivity contribution in [3.05, 3.63) is 86.1 Å². The predicted molar refractivity (Wildman–Crippen MR) is 132 cm³/mol. The van der Waals surface area contributed by atoms with Gasteiger partial charge in [-0.15, -0.1) is 11.3 Å². The summed E-state index contributed by atoms with van der Waals surface area (Å²) in [7, 11) is 0. The van der Waals surface area contributed by atoms with E-state index in [-0.39, 0.29) is 17.4 Å². The minimum atomic E-state index is -0.739. The minimum absolute atomic E-state index is 0.00918. The summed E-state index contributed by atoms with van der Waals surface area (Å²) >= 11 is 7.54. The highest BCUT2D eigenvalue weighted by atomic mass is 35.5. The second-order valence-corrected chi connectivity index (χ2v) is 9.68. The second-order valence-electron chi connectivity index (χ2n) is 8.26. The van der Waals surface area contributed by atoms with Crippen LogP contribution in [0, 0.1) is 13.8 Å². The Morgan fingerprint density at radius 1 is 1.09 bits per heavy atom. The van der Waals surface area contributed by atoms with Crippen molar-refractivity contribution >= 4 is 46.1 Å². The molecule has 0 aliphatic carbocycles. The monoisotopic (exact) mass is 481 g/mol. The molecule has 1 amide bonds. The molecule has 1 atom stereocenters. The molecule has 33 heavy (non-hydrogen) atoms. The molecule has 170 valence electrons. The number of carbonyl (C=O) groups is 2. The van der Waals surface area contributed by atoms with Crippen LogP contribution < -0.4 is 9.64 Å². The van der Waals surface area contributed by atoms with Gasteiger partial charge in [0, 0.05) is 21.2 Å². The Bertz CT molecular complexity index is 1260. The Balaban J connectivity index is 1.88. The molecule has 1 saturated heterocycles. The number of aliphatic hydroxyl groups is 1. The van der Waals surface area contributed by atoms with Gasteiger partial charge in [-0.2, -0.15) is 0 Å². The van der Waals surface area contributed by atoms with E-state index in [1.807, 2.05) is 45.2 Å². The summed E-state index contributed by atoms with van der Waals surface area (Å²) < 4.78 is 5.79. The molecule has 1 unspecified atom stereocenters. The average molecular weight is 482 g/mol. The van der Waals surface area contributed by atoms with Crippen molar-refractivity contribution in [3.63, 3.8) is 0 Å². The number of benzene rings is 2. The largest absolute Gasteiger partial charge is 0.507 e. The predicted octanol–water partition coefficient (Wildman–Crippen LogP) is 6.43. The van der Waals surface area contributed by atoms with Gasteiger partial charge in [-0.25, -0.2) is 0 Å². The van der Waals surface area contributed by atoms with Crippen LogP contribution in [0.2, 0.25) is 5.02 Å². The number of carbonyl (C=O) groups excluding carboxylic acids is 2. The molecule has 7 heteroatoms. The number of rotatable bonds is 5. The summed E-state index contributed by atoms with van der Waals surface area (Å²) in [4.78, 5) is 28.7. The van der Waals surface area contributed by atoms with E-state index in [0.29, 0.717) is 22.0 Å². The van der Waals surface area contributed by atoms with Crippen molar-refractivity contribution in [3.8, 4) is 5.75 Å². The zero-order chi connectivity index (χ0) is 23.9. The molecule has 1 fully saturated rings. The number of ether oxygens (including phenoxy) is 1. The molecule has 0 bridgehead atoms. The quantitative estimate of drug-likeness (QED) is 0.259. The van der Waals surface area contributed by atoms with Crippen LogP contribution in [0.1, 0.15) is 41.5 Å². The number of hydrogen-bond acceptors (Lipinski definition) is 5. The molecular weight excluding hydrogens is 458 g/mol. The molecule has 0 saturated carbocycles. The van der Waals surface area contributed by atoms with E-state index in [9.17, 15) is 14.7 Å². The lowest BCUT2D eigenvalue weighted by molar-refractivity contribution is -0.132. The van der Waals surface area contributed by atoms with Crippen molar-refractivity contribution in [2.24, 2.45) is 0 Å². The summed E-state index contributed by atoms with van der Waals surface area (Å²) in [6.07, 6.45) is 0.00918. The molecule has 3 aromatic rings. The maximum atomic E-state index is 13.2. The third-order valence-electron chi connectivity index (χ3n) is 5.49. The summed E-state index contributed by atoms with van der Waals surface area (Å²) in [5.74, 6) is -0.911. The van der Waals surface area contributed by atoms with Gasteiger partial charge in [-0.1, -0.05) is 17.7 Å². The van der Waals surface area contributed by atoms with Crippen LogP contribution in [0.4, 0.5) is 5.69 Å². The Hall–Kier alpha value is -3.09. The van der Waals surface area contributed by atoms with Gasteiger partial charge in [0.1, 0.15) is 17.6 Å². The van der Waals surface area contributed by atoms with Crippen LogP contribution in [0.3, 0.4) is 0 Å². The van der Waals surface area contributed by atoms with Gasteiger partial charge in [-0.05, 0) is 86.7 Å². The number of hydrogen-bond donors (Lipinski definition) is 1. The first kappa shape index (κ1) is 23.1. The van der Waals surface area contributed by atoms with Crippen LogP contribution in [-0.4, -0.2) is 22.9 Å². The highest BCUT2D eigenvalue weighted by Gasteiger charge is 2.47. The molecule has 4 rings (SSSR count). The number of nitrogens with zero attached hydrogens (tertiary/aromatic N) is 1. The van der Waals surface area contributed by atoms with Crippen molar-refractivity contribution in [2.45, 2.75) is 39.8 Å². The first-order valence-corrected chi connectivity index (χ1v) is 11.8. The number of amides is 1. The normalized spacial score (nSPS) is 17.8. The number of ketones is 1. The van der Waals surface area contributed by atoms with Crippen molar-refractivity contribution < 1.29 is 19.4 Å². The molecule has 1 aliphatic heterocycles. The summed E-state index contributed by atoms with van der Waals surface area (Å²) in [5.41, 5.74) is 2.68. The van der Waals surface area contributed by atoms with Gasteiger partial charge in [0.2, 0.25) is 0 Å². The summed E-state index contributed by atoms with van der Waals surface area (Å²) in [6, 6.07) is 13.4. The number of aryl methyl sites for hydroxylation is 2. The Morgan fingerprint density at radius 2 is 1.85 bits per heavy atom. The first-order valence-electron chi connectivity index (χ1n) is 10.6. The van der Waals surface area contributed by atoms with E-state index in [4.69, 9.17) is 16.3 Å². The molecule has 0 radical (unpaired) electrons.